The minimum atomic E-state index is -0.180. The van der Waals surface area contributed by atoms with Gasteiger partial charge in [-0.1, -0.05) is 25.1 Å². The molecule has 0 saturated carbocycles. The molecule has 1 aromatic carbocycles. The van der Waals surface area contributed by atoms with E-state index in [-0.39, 0.29) is 5.91 Å². The summed E-state index contributed by atoms with van der Waals surface area (Å²) >= 11 is 1.74. The third-order valence-electron chi connectivity index (χ3n) is 4.42. The number of hydrogen-bond donors (Lipinski definition) is 2. The Labute approximate surface area is 144 Å². The summed E-state index contributed by atoms with van der Waals surface area (Å²) in [5, 5.41) is 1.05. The molecule has 0 bridgehead atoms. The number of fused-ring (bicyclic) bond motifs is 3. The van der Waals surface area contributed by atoms with Crippen LogP contribution in [0.4, 0.5) is 5.82 Å². The van der Waals surface area contributed by atoms with Crippen molar-refractivity contribution in [2.24, 2.45) is 5.92 Å². The second-order valence-electron chi connectivity index (χ2n) is 6.20. The lowest BCUT2D eigenvalue weighted by atomic mass is 9.89. The third-order valence-corrected chi connectivity index (χ3v) is 5.58. The van der Waals surface area contributed by atoms with Gasteiger partial charge < -0.3 is 0 Å². The molecule has 1 amide bonds. The summed E-state index contributed by atoms with van der Waals surface area (Å²) in [6, 6.07) is 9.13. The fourth-order valence-corrected chi connectivity index (χ4v) is 4.50. The molecule has 0 unspecified atom stereocenters. The van der Waals surface area contributed by atoms with Crippen molar-refractivity contribution in [1.82, 2.24) is 15.4 Å². The number of anilines is 1. The maximum absolute atomic E-state index is 12.2. The number of benzene rings is 1. The molecule has 6 heteroatoms. The van der Waals surface area contributed by atoms with E-state index in [1.165, 1.54) is 16.9 Å². The minimum Gasteiger partial charge on any atom is -0.281 e. The molecule has 5 nitrogen and oxygen atoms in total. The number of carbonyl (C=O) groups excluding carboxylic acids is 1. The van der Waals surface area contributed by atoms with Gasteiger partial charge in [-0.25, -0.2) is 9.97 Å². The Bertz CT molecular complexity index is 891. The van der Waals surface area contributed by atoms with Crippen molar-refractivity contribution in [2.45, 2.75) is 26.2 Å². The lowest BCUT2D eigenvalue weighted by molar-refractivity contribution is 0.0962. The number of nitrogens with zero attached hydrogens (tertiary/aromatic N) is 2. The van der Waals surface area contributed by atoms with Gasteiger partial charge in [0.05, 0.1) is 5.39 Å². The molecule has 24 heavy (non-hydrogen) atoms. The summed E-state index contributed by atoms with van der Waals surface area (Å²) in [5.74, 6) is 1.21. The van der Waals surface area contributed by atoms with Crippen LogP contribution in [0, 0.1) is 5.92 Å². The average molecular weight is 338 g/mol. The molecule has 1 atom stereocenters. The van der Waals surface area contributed by atoms with Crippen molar-refractivity contribution in [2.75, 3.05) is 5.43 Å². The molecule has 0 aliphatic heterocycles. The van der Waals surface area contributed by atoms with Crippen molar-refractivity contribution < 1.29 is 4.79 Å². The monoisotopic (exact) mass is 338 g/mol. The normalized spacial score (nSPS) is 16.6. The van der Waals surface area contributed by atoms with Gasteiger partial charge in [-0.15, -0.1) is 11.3 Å². The smallest absolute Gasteiger partial charge is 0.269 e. The Morgan fingerprint density at radius 3 is 2.92 bits per heavy atom. The zero-order valence-electron chi connectivity index (χ0n) is 13.4. The van der Waals surface area contributed by atoms with Crippen molar-refractivity contribution >= 4 is 33.3 Å². The van der Waals surface area contributed by atoms with E-state index in [0.717, 1.165) is 23.1 Å². The van der Waals surface area contributed by atoms with Crippen LogP contribution in [-0.4, -0.2) is 15.9 Å². The van der Waals surface area contributed by atoms with Gasteiger partial charge in [0.15, 0.2) is 5.82 Å². The number of rotatable bonds is 3. The number of aryl methyl sites for hydroxylation is 1. The molecule has 1 aliphatic carbocycles. The zero-order chi connectivity index (χ0) is 16.5. The van der Waals surface area contributed by atoms with Gasteiger partial charge >= 0.3 is 0 Å². The second kappa shape index (κ2) is 6.20. The van der Waals surface area contributed by atoms with Crippen LogP contribution < -0.4 is 10.9 Å². The minimum absolute atomic E-state index is 0.180. The van der Waals surface area contributed by atoms with E-state index in [2.05, 4.69) is 27.7 Å². The van der Waals surface area contributed by atoms with Crippen molar-refractivity contribution in [3.8, 4) is 0 Å². The van der Waals surface area contributed by atoms with Gasteiger partial charge in [0.2, 0.25) is 0 Å². The molecule has 0 saturated heterocycles. The van der Waals surface area contributed by atoms with E-state index >= 15 is 0 Å². The molecule has 2 aromatic heterocycles. The average Bonchev–Trinajstić information content (AvgIpc) is 2.98. The molecule has 0 fully saturated rings. The standard InChI is InChI=1S/C18H18N4OS/c1-11-7-8-13-14(9-11)24-18-15(13)16(19-10-20-18)21-22-17(23)12-5-3-2-4-6-12/h2-6,10-11H,7-9H2,1H3,(H,22,23)(H,19,20,21)/t11-/m1/s1. The summed E-state index contributed by atoms with van der Waals surface area (Å²) in [6.07, 6.45) is 4.88. The molecule has 0 radical (unpaired) electrons. The molecular weight excluding hydrogens is 320 g/mol. The Hall–Kier alpha value is -2.47. The predicted molar refractivity (Wildman–Crippen MR) is 96.1 cm³/mol. The Kier molecular flexibility index (Phi) is 3.90. The molecule has 2 heterocycles. The lowest BCUT2D eigenvalue weighted by Gasteiger charge is -2.18. The van der Waals surface area contributed by atoms with Crippen LogP contribution >= 0.6 is 11.3 Å². The van der Waals surface area contributed by atoms with Crippen LogP contribution in [0.25, 0.3) is 10.2 Å². The maximum atomic E-state index is 12.2. The highest BCUT2D eigenvalue weighted by molar-refractivity contribution is 7.19. The molecule has 3 aromatic rings. The highest BCUT2D eigenvalue weighted by Crippen LogP contribution is 2.39. The van der Waals surface area contributed by atoms with E-state index in [1.54, 1.807) is 29.8 Å². The number of aromatic nitrogens is 2. The summed E-state index contributed by atoms with van der Waals surface area (Å²) in [6.45, 7) is 2.29. The highest BCUT2D eigenvalue weighted by atomic mass is 32.1. The van der Waals surface area contributed by atoms with Crippen molar-refractivity contribution in [3.63, 3.8) is 0 Å². The number of nitrogens with one attached hydrogen (secondary N) is 2. The first-order valence-electron chi connectivity index (χ1n) is 8.09. The van der Waals surface area contributed by atoms with Gasteiger partial charge in [-0.2, -0.15) is 0 Å². The Morgan fingerprint density at radius 1 is 1.25 bits per heavy atom. The van der Waals surface area contributed by atoms with Gasteiger partial charge in [0, 0.05) is 10.4 Å². The van der Waals surface area contributed by atoms with Crippen LogP contribution in [0.2, 0.25) is 0 Å². The van der Waals surface area contributed by atoms with Gasteiger partial charge in [-0.05, 0) is 42.9 Å². The van der Waals surface area contributed by atoms with Crippen molar-refractivity contribution in [1.29, 1.82) is 0 Å². The maximum Gasteiger partial charge on any atom is 0.269 e. The summed E-state index contributed by atoms with van der Waals surface area (Å²) in [5.41, 5.74) is 7.67. The number of carbonyl (C=O) groups is 1. The fraction of sp³-hybridized carbons (Fsp3) is 0.278. The molecule has 0 spiro atoms. The first-order chi connectivity index (χ1) is 11.7. The van der Waals surface area contributed by atoms with Crippen LogP contribution in [0.15, 0.2) is 36.7 Å². The molecule has 2 N–H and O–H groups in total. The SMILES string of the molecule is C[C@@H]1CCc2c(sc3ncnc(NNC(=O)c4ccccc4)c23)C1. The number of hydrogen-bond acceptors (Lipinski definition) is 5. The van der Waals surface area contributed by atoms with Crippen LogP contribution in [0.5, 0.6) is 0 Å². The number of amides is 1. The van der Waals surface area contributed by atoms with Crippen LogP contribution in [0.1, 0.15) is 34.1 Å². The molecule has 122 valence electrons. The van der Waals surface area contributed by atoms with E-state index in [0.29, 0.717) is 17.3 Å². The molecular formula is C18H18N4OS. The topological polar surface area (TPSA) is 66.9 Å². The summed E-state index contributed by atoms with van der Waals surface area (Å²) in [7, 11) is 0. The van der Waals surface area contributed by atoms with Gasteiger partial charge in [0.1, 0.15) is 11.2 Å². The van der Waals surface area contributed by atoms with Crippen LogP contribution in [0.3, 0.4) is 0 Å². The first kappa shape index (κ1) is 15.1. The van der Waals surface area contributed by atoms with E-state index in [9.17, 15) is 4.79 Å². The van der Waals surface area contributed by atoms with Crippen LogP contribution in [-0.2, 0) is 12.8 Å². The molecule has 1 aliphatic rings. The number of hydrazine groups is 1. The van der Waals surface area contributed by atoms with Gasteiger partial charge in [0.25, 0.3) is 5.91 Å². The quantitative estimate of drug-likeness (QED) is 0.717. The van der Waals surface area contributed by atoms with E-state index in [1.807, 2.05) is 18.2 Å². The second-order valence-corrected chi connectivity index (χ2v) is 7.28. The summed E-state index contributed by atoms with van der Waals surface area (Å²) in [4.78, 5) is 23.4. The number of thiophene rings is 1. The molecule has 4 rings (SSSR count). The largest absolute Gasteiger partial charge is 0.281 e. The third kappa shape index (κ3) is 2.73. The predicted octanol–water partition coefficient (Wildman–Crippen LogP) is 3.57. The highest BCUT2D eigenvalue weighted by Gasteiger charge is 2.23. The fourth-order valence-electron chi connectivity index (χ4n) is 3.15. The van der Waals surface area contributed by atoms with Crippen molar-refractivity contribution in [3.05, 3.63) is 52.7 Å². The Morgan fingerprint density at radius 2 is 2.08 bits per heavy atom. The zero-order valence-corrected chi connectivity index (χ0v) is 14.2. The first-order valence-corrected chi connectivity index (χ1v) is 8.90. The Balaban J connectivity index is 1.62. The van der Waals surface area contributed by atoms with E-state index < -0.39 is 0 Å². The van der Waals surface area contributed by atoms with Gasteiger partial charge in [-0.3, -0.25) is 15.6 Å². The van der Waals surface area contributed by atoms with E-state index in [4.69, 9.17) is 0 Å². The summed E-state index contributed by atoms with van der Waals surface area (Å²) < 4.78 is 0. The lowest BCUT2D eigenvalue weighted by Crippen LogP contribution is -2.30.